The molecule has 0 saturated heterocycles. The lowest BCUT2D eigenvalue weighted by molar-refractivity contribution is 0.0549. The van der Waals surface area contributed by atoms with E-state index in [0.29, 0.717) is 17.1 Å². The normalized spacial score (nSPS) is 13.3. The molecule has 8 heteroatoms. The fourth-order valence-electron chi connectivity index (χ4n) is 3.38. The molecule has 3 aromatic rings. The molecule has 174 valence electrons. The number of halogens is 1. The van der Waals surface area contributed by atoms with Gasteiger partial charge in [0.1, 0.15) is 11.3 Å². The molecule has 1 fully saturated rings. The van der Waals surface area contributed by atoms with Crippen molar-refractivity contribution in [1.82, 2.24) is 15.0 Å². The van der Waals surface area contributed by atoms with Crippen molar-refractivity contribution in [3.8, 4) is 11.8 Å². The third-order valence-electron chi connectivity index (χ3n) is 5.19. The first-order valence-corrected chi connectivity index (χ1v) is 11.5. The summed E-state index contributed by atoms with van der Waals surface area (Å²) in [5, 5.41) is 3.36. The summed E-state index contributed by atoms with van der Waals surface area (Å²) >= 11 is 6.03. The van der Waals surface area contributed by atoms with Gasteiger partial charge in [-0.15, -0.1) is 0 Å². The van der Waals surface area contributed by atoms with Crippen LogP contribution in [0.5, 0.6) is 0 Å². The van der Waals surface area contributed by atoms with Crippen LogP contribution in [0.25, 0.3) is 0 Å². The minimum absolute atomic E-state index is 0.114. The summed E-state index contributed by atoms with van der Waals surface area (Å²) in [7, 11) is 0. The summed E-state index contributed by atoms with van der Waals surface area (Å²) in [6, 6.07) is 13.3. The van der Waals surface area contributed by atoms with Gasteiger partial charge in [0.25, 0.3) is 0 Å². The molecule has 2 aromatic heterocycles. The number of carbonyl (C=O) groups is 1. The number of nitrogens with one attached hydrogen (secondary N) is 1. The summed E-state index contributed by atoms with van der Waals surface area (Å²) in [4.78, 5) is 27.2. The zero-order valence-corrected chi connectivity index (χ0v) is 20.1. The molecule has 0 atom stereocenters. The first-order chi connectivity index (χ1) is 16.3. The summed E-state index contributed by atoms with van der Waals surface area (Å²) in [5.41, 5.74) is 2.24. The number of rotatable bonds is 4. The molecule has 0 unspecified atom stereocenters. The molecule has 0 spiro atoms. The van der Waals surface area contributed by atoms with Gasteiger partial charge in [0.05, 0.1) is 5.56 Å². The van der Waals surface area contributed by atoms with E-state index in [1.54, 1.807) is 17.3 Å². The van der Waals surface area contributed by atoms with Crippen molar-refractivity contribution in [2.45, 2.75) is 51.7 Å². The van der Waals surface area contributed by atoms with Gasteiger partial charge in [-0.25, -0.2) is 14.8 Å². The monoisotopic (exact) mass is 475 g/mol. The van der Waals surface area contributed by atoms with Crippen molar-refractivity contribution >= 4 is 34.9 Å². The summed E-state index contributed by atoms with van der Waals surface area (Å²) in [6.07, 6.45) is 5.98. The Morgan fingerprint density at radius 2 is 1.88 bits per heavy atom. The third kappa shape index (κ3) is 6.03. The molecule has 0 radical (unpaired) electrons. The maximum atomic E-state index is 12.9. The lowest BCUT2D eigenvalue weighted by atomic mass is 9.91. The fraction of sp³-hybridized carbons (Fsp3) is 0.308. The molecule has 2 heterocycles. The second-order valence-electron chi connectivity index (χ2n) is 8.97. The summed E-state index contributed by atoms with van der Waals surface area (Å²) in [6.45, 7) is 5.62. The number of amides is 1. The van der Waals surface area contributed by atoms with Gasteiger partial charge >= 0.3 is 6.09 Å². The van der Waals surface area contributed by atoms with Crippen LogP contribution in [-0.2, 0) is 4.74 Å². The molecule has 0 bridgehead atoms. The second kappa shape index (κ2) is 10.1. The van der Waals surface area contributed by atoms with E-state index >= 15 is 0 Å². The second-order valence-corrected chi connectivity index (χ2v) is 9.31. The number of hydrogen-bond donors (Lipinski definition) is 1. The van der Waals surface area contributed by atoms with Crippen LogP contribution >= 0.6 is 11.6 Å². The van der Waals surface area contributed by atoms with Crippen LogP contribution in [0.2, 0.25) is 5.28 Å². The zero-order chi connectivity index (χ0) is 24.1. The number of hydrogen-bond acceptors (Lipinski definition) is 6. The first kappa shape index (κ1) is 23.5. The number of nitrogens with zero attached hydrogens (tertiary/aromatic N) is 4. The highest BCUT2D eigenvalue weighted by atomic mass is 35.5. The highest BCUT2D eigenvalue weighted by Crippen LogP contribution is 2.32. The van der Waals surface area contributed by atoms with E-state index in [0.717, 1.165) is 30.6 Å². The molecule has 1 amide bonds. The van der Waals surface area contributed by atoms with Crippen LogP contribution in [0, 0.1) is 11.8 Å². The Balaban J connectivity index is 1.55. The molecule has 1 aromatic carbocycles. The van der Waals surface area contributed by atoms with E-state index in [1.807, 2.05) is 63.2 Å². The highest BCUT2D eigenvalue weighted by molar-refractivity contribution is 6.28. The van der Waals surface area contributed by atoms with Crippen LogP contribution in [0.4, 0.5) is 22.0 Å². The van der Waals surface area contributed by atoms with E-state index in [2.05, 4.69) is 32.1 Å². The highest BCUT2D eigenvalue weighted by Gasteiger charge is 2.33. The number of anilines is 3. The number of ether oxygens (including phenoxy) is 1. The predicted molar refractivity (Wildman–Crippen MR) is 133 cm³/mol. The lowest BCUT2D eigenvalue weighted by Crippen LogP contribution is -2.46. The van der Waals surface area contributed by atoms with Crippen LogP contribution < -0.4 is 10.2 Å². The van der Waals surface area contributed by atoms with Crippen molar-refractivity contribution in [1.29, 1.82) is 0 Å². The number of benzene rings is 1. The molecular formula is C26H26ClN5O2. The van der Waals surface area contributed by atoms with Gasteiger partial charge in [0.15, 0.2) is 5.82 Å². The molecule has 34 heavy (non-hydrogen) atoms. The van der Waals surface area contributed by atoms with Gasteiger partial charge in [-0.05, 0) is 94.0 Å². The molecule has 1 aliphatic carbocycles. The quantitative estimate of drug-likeness (QED) is 0.370. The smallest absolute Gasteiger partial charge is 0.415 e. The maximum absolute atomic E-state index is 12.9. The minimum atomic E-state index is -0.556. The molecule has 0 aliphatic heterocycles. The molecular weight excluding hydrogens is 450 g/mol. The first-order valence-electron chi connectivity index (χ1n) is 11.1. The van der Waals surface area contributed by atoms with E-state index < -0.39 is 5.60 Å². The number of carbonyl (C=O) groups excluding carboxylic acids is 1. The van der Waals surface area contributed by atoms with Crippen LogP contribution in [-0.4, -0.2) is 32.7 Å². The molecule has 1 aliphatic rings. The number of aromatic nitrogens is 3. The van der Waals surface area contributed by atoms with Crippen molar-refractivity contribution in [2.24, 2.45) is 0 Å². The molecule has 4 rings (SSSR count). The zero-order valence-electron chi connectivity index (χ0n) is 19.4. The van der Waals surface area contributed by atoms with E-state index in [-0.39, 0.29) is 17.4 Å². The van der Waals surface area contributed by atoms with E-state index in [9.17, 15) is 4.79 Å². The molecule has 1 N–H and O–H groups in total. The topological polar surface area (TPSA) is 80.2 Å². The minimum Gasteiger partial charge on any atom is -0.443 e. The summed E-state index contributed by atoms with van der Waals surface area (Å²) in [5.74, 6) is 6.54. The van der Waals surface area contributed by atoms with Gasteiger partial charge < -0.3 is 10.1 Å². The van der Waals surface area contributed by atoms with Gasteiger partial charge in [-0.3, -0.25) is 4.90 Å². The van der Waals surface area contributed by atoms with E-state index in [4.69, 9.17) is 16.3 Å². The SMILES string of the molecule is CC(C)(C)OC(=O)N(c1ccc(Nc2nc(Cl)ncc2C#Cc2ccccn2)cc1)C1CCC1. The summed E-state index contributed by atoms with van der Waals surface area (Å²) < 4.78 is 5.65. The predicted octanol–water partition coefficient (Wildman–Crippen LogP) is 5.96. The Morgan fingerprint density at radius 3 is 2.50 bits per heavy atom. The Morgan fingerprint density at radius 1 is 1.12 bits per heavy atom. The van der Waals surface area contributed by atoms with Crippen molar-refractivity contribution in [2.75, 3.05) is 10.2 Å². The van der Waals surface area contributed by atoms with Crippen LogP contribution in [0.1, 0.15) is 51.3 Å². The largest absolute Gasteiger partial charge is 0.443 e. The van der Waals surface area contributed by atoms with Gasteiger partial charge in [-0.2, -0.15) is 4.98 Å². The van der Waals surface area contributed by atoms with Crippen molar-refractivity contribution in [3.63, 3.8) is 0 Å². The maximum Gasteiger partial charge on any atom is 0.415 e. The fourth-order valence-corrected chi connectivity index (χ4v) is 3.51. The standard InChI is InChI=1S/C26H26ClN5O2/c1-26(2,3)34-25(33)32(21-8-6-9-21)22-14-12-20(13-15-22)30-23-18(17-29-24(27)31-23)10-11-19-7-4-5-16-28-19/h4-5,7,12-17,21H,6,8-9H2,1-3H3,(H,29,30,31). The Hall–Kier alpha value is -3.63. The van der Waals surface area contributed by atoms with Gasteiger partial charge in [-0.1, -0.05) is 12.0 Å². The average Bonchev–Trinajstić information content (AvgIpc) is 2.76. The van der Waals surface area contributed by atoms with Crippen molar-refractivity contribution in [3.05, 3.63) is 71.4 Å². The Kier molecular flexibility index (Phi) is 6.99. The van der Waals surface area contributed by atoms with Crippen LogP contribution in [0.3, 0.4) is 0 Å². The van der Waals surface area contributed by atoms with E-state index in [1.165, 1.54) is 0 Å². The van der Waals surface area contributed by atoms with Crippen molar-refractivity contribution < 1.29 is 9.53 Å². The molecule has 1 saturated carbocycles. The lowest BCUT2D eigenvalue weighted by Gasteiger charge is -2.38. The number of pyridine rings is 1. The van der Waals surface area contributed by atoms with Gasteiger partial charge in [0.2, 0.25) is 5.28 Å². The molecule has 7 nitrogen and oxygen atoms in total. The van der Waals surface area contributed by atoms with Gasteiger partial charge in [0, 0.05) is 29.8 Å². The Bertz CT molecular complexity index is 1210. The Labute approximate surface area is 204 Å². The van der Waals surface area contributed by atoms with Crippen LogP contribution in [0.15, 0.2) is 54.9 Å². The average molecular weight is 476 g/mol. The third-order valence-corrected chi connectivity index (χ3v) is 5.37.